The van der Waals surface area contributed by atoms with E-state index in [0.717, 1.165) is 24.8 Å². The second-order valence-electron chi connectivity index (χ2n) is 10.6. The molecule has 2 unspecified atom stereocenters. The van der Waals surface area contributed by atoms with Crippen LogP contribution in [-0.4, -0.2) is 76.2 Å². The lowest BCUT2D eigenvalue weighted by Crippen LogP contribution is -2.59. The summed E-state index contributed by atoms with van der Waals surface area (Å²) in [5, 5.41) is 16.8. The molecule has 2 aliphatic heterocycles. The number of nitrogens with one attached hydrogen (secondary N) is 3. The Morgan fingerprint density at radius 3 is 2.49 bits per heavy atom. The van der Waals surface area contributed by atoms with Gasteiger partial charge in [0.2, 0.25) is 17.7 Å². The highest BCUT2D eigenvalue weighted by molar-refractivity contribution is 5.97. The maximum absolute atomic E-state index is 13.6. The van der Waals surface area contributed by atoms with E-state index >= 15 is 0 Å². The Balaban J connectivity index is 0.000000673. The quantitative estimate of drug-likeness (QED) is 0.402. The third-order valence-corrected chi connectivity index (χ3v) is 7.06. The summed E-state index contributed by atoms with van der Waals surface area (Å²) in [5.74, 6) is -1.82. The van der Waals surface area contributed by atoms with Crippen LogP contribution in [0, 0.1) is 0 Å². The van der Waals surface area contributed by atoms with Gasteiger partial charge in [0.15, 0.2) is 5.78 Å². The molecule has 0 radical (unpaired) electrons. The number of aliphatic carboxylic acids is 1. The number of hydrogen-bond donors (Lipinski definition) is 4. The van der Waals surface area contributed by atoms with E-state index in [2.05, 4.69) is 16.0 Å². The van der Waals surface area contributed by atoms with Gasteiger partial charge in [-0.3, -0.25) is 29.3 Å². The number of rotatable bonds is 6. The summed E-state index contributed by atoms with van der Waals surface area (Å²) in [4.78, 5) is 63.7. The zero-order valence-electron chi connectivity index (χ0n) is 23.6. The fraction of sp³-hybridized carbons (Fsp3) is 0.621. The van der Waals surface area contributed by atoms with E-state index in [4.69, 9.17) is 5.11 Å². The van der Waals surface area contributed by atoms with Gasteiger partial charge < -0.3 is 20.6 Å². The van der Waals surface area contributed by atoms with Gasteiger partial charge in [0.25, 0.3) is 0 Å². The van der Waals surface area contributed by atoms with E-state index in [-0.39, 0.29) is 30.0 Å². The minimum Gasteiger partial charge on any atom is -0.481 e. The van der Waals surface area contributed by atoms with Gasteiger partial charge in [-0.2, -0.15) is 0 Å². The Morgan fingerprint density at radius 1 is 1.10 bits per heavy atom. The van der Waals surface area contributed by atoms with E-state index < -0.39 is 29.6 Å². The molecule has 10 heteroatoms. The number of fused-ring (bicyclic) bond motifs is 1. The average Bonchev–Trinajstić information content (AvgIpc) is 3.26. The first-order valence-electron chi connectivity index (χ1n) is 13.9. The van der Waals surface area contributed by atoms with E-state index in [1.165, 1.54) is 0 Å². The minimum absolute atomic E-state index is 0.0507. The van der Waals surface area contributed by atoms with Gasteiger partial charge in [-0.15, -0.1) is 0 Å². The van der Waals surface area contributed by atoms with Gasteiger partial charge in [-0.25, -0.2) is 0 Å². The molecule has 0 aromatic carbocycles. The standard InChI is InChI=1S/C24H34N4O4.C5H10O2/c1-4-17-20(29)15-25-24(2,3)23(32)27-18(14-16-10-7-5-6-8-11-16)22(31)28-13-9-12-19(28)21(30)26-17;1-2-3-4-5(6)7/h5,7-8,10-11,17-19,25H,4,6,9,12-15H2,1-3H3,(H,26,30)(H,27,32);2-4H2,1H3,(H,6,7)/t17?,18?,19-;/m1./s1. The number of hydrogen-bond acceptors (Lipinski definition) is 6. The predicted molar refractivity (Wildman–Crippen MR) is 149 cm³/mol. The van der Waals surface area contributed by atoms with Crippen molar-refractivity contribution in [1.29, 1.82) is 0 Å². The Bertz CT molecular complexity index is 1000. The molecular formula is C29H44N4O6. The number of unbranched alkanes of at least 4 members (excludes halogenated alkanes) is 1. The van der Waals surface area contributed by atoms with Crippen LogP contribution in [0.2, 0.25) is 0 Å². The van der Waals surface area contributed by atoms with Crippen LogP contribution in [0.15, 0.2) is 36.0 Å². The lowest BCUT2D eigenvalue weighted by atomic mass is 9.99. The van der Waals surface area contributed by atoms with Crippen LogP contribution in [0.4, 0.5) is 0 Å². The van der Waals surface area contributed by atoms with Gasteiger partial charge in [0.1, 0.15) is 12.1 Å². The molecule has 0 aromatic heterocycles. The lowest BCUT2D eigenvalue weighted by molar-refractivity contribution is -0.142. The molecule has 216 valence electrons. The van der Waals surface area contributed by atoms with Crippen molar-refractivity contribution in [2.24, 2.45) is 0 Å². The van der Waals surface area contributed by atoms with Crippen molar-refractivity contribution in [1.82, 2.24) is 20.9 Å². The van der Waals surface area contributed by atoms with Crippen molar-refractivity contribution < 1.29 is 29.1 Å². The summed E-state index contributed by atoms with van der Waals surface area (Å²) in [6.07, 6.45) is 14.8. The van der Waals surface area contributed by atoms with E-state index in [0.29, 0.717) is 38.6 Å². The number of carboxylic acid groups (broad SMARTS) is 1. The third kappa shape index (κ3) is 9.76. The molecule has 2 fully saturated rings. The first kappa shape index (κ1) is 31.9. The van der Waals surface area contributed by atoms with Crippen molar-refractivity contribution >= 4 is 29.5 Å². The van der Waals surface area contributed by atoms with E-state index in [1.807, 2.05) is 44.2 Å². The van der Waals surface area contributed by atoms with Crippen LogP contribution in [0.3, 0.4) is 0 Å². The molecule has 2 heterocycles. The van der Waals surface area contributed by atoms with Crippen LogP contribution < -0.4 is 16.0 Å². The molecule has 0 spiro atoms. The SMILES string of the molecule is CCC1NC(=O)[C@H]2CCCN2C(=O)C(CC2=CC=CCC=C2)NC(=O)C(C)(C)NCC1=O.CCCCC(=O)O. The van der Waals surface area contributed by atoms with Gasteiger partial charge >= 0.3 is 5.97 Å². The molecule has 3 amide bonds. The van der Waals surface area contributed by atoms with Gasteiger partial charge in [0.05, 0.1) is 18.1 Å². The van der Waals surface area contributed by atoms with Gasteiger partial charge in [-0.1, -0.05) is 50.6 Å². The van der Waals surface area contributed by atoms with Crippen LogP contribution in [0.1, 0.15) is 79.1 Å². The minimum atomic E-state index is -1.07. The summed E-state index contributed by atoms with van der Waals surface area (Å²) in [6, 6.07) is -2.10. The maximum atomic E-state index is 13.6. The summed E-state index contributed by atoms with van der Waals surface area (Å²) in [5.41, 5.74) is -0.142. The summed E-state index contributed by atoms with van der Waals surface area (Å²) >= 11 is 0. The third-order valence-electron chi connectivity index (χ3n) is 7.06. The normalized spacial score (nSPS) is 25.5. The first-order valence-corrected chi connectivity index (χ1v) is 13.9. The number of carboxylic acids is 1. The Hall–Kier alpha value is -3.27. The lowest BCUT2D eigenvalue weighted by Gasteiger charge is -2.31. The zero-order valence-corrected chi connectivity index (χ0v) is 23.6. The van der Waals surface area contributed by atoms with Gasteiger partial charge in [-0.05, 0) is 51.5 Å². The molecule has 3 aliphatic rings. The highest BCUT2D eigenvalue weighted by Crippen LogP contribution is 2.22. The summed E-state index contributed by atoms with van der Waals surface area (Å²) < 4.78 is 0. The highest BCUT2D eigenvalue weighted by Gasteiger charge is 2.41. The van der Waals surface area contributed by atoms with E-state index in [1.54, 1.807) is 18.7 Å². The number of carbonyl (C=O) groups excluding carboxylic acids is 4. The van der Waals surface area contributed by atoms with E-state index in [9.17, 15) is 24.0 Å². The van der Waals surface area contributed by atoms with Crippen molar-refractivity contribution in [2.75, 3.05) is 13.1 Å². The van der Waals surface area contributed by atoms with Crippen LogP contribution in [0.25, 0.3) is 0 Å². The molecule has 0 saturated carbocycles. The van der Waals surface area contributed by atoms with Crippen LogP contribution in [-0.2, 0) is 24.0 Å². The Morgan fingerprint density at radius 2 is 1.85 bits per heavy atom. The fourth-order valence-corrected chi connectivity index (χ4v) is 4.56. The largest absolute Gasteiger partial charge is 0.481 e. The first-order chi connectivity index (χ1) is 18.5. The summed E-state index contributed by atoms with van der Waals surface area (Å²) in [6.45, 7) is 7.57. The molecule has 3 rings (SSSR count). The highest BCUT2D eigenvalue weighted by atomic mass is 16.4. The number of Topliss-reactive ketones (excluding diaryl/α,β-unsaturated/α-hetero) is 1. The molecule has 1 aliphatic carbocycles. The average molecular weight is 545 g/mol. The molecule has 2 saturated heterocycles. The maximum Gasteiger partial charge on any atom is 0.303 e. The molecule has 0 bridgehead atoms. The number of allylic oxidation sites excluding steroid dienone is 5. The van der Waals surface area contributed by atoms with Crippen LogP contribution in [0.5, 0.6) is 0 Å². The monoisotopic (exact) mass is 544 g/mol. The van der Waals surface area contributed by atoms with Crippen molar-refractivity contribution in [3.63, 3.8) is 0 Å². The molecule has 0 aromatic rings. The molecular weight excluding hydrogens is 500 g/mol. The number of carbonyl (C=O) groups is 5. The second kappa shape index (κ2) is 15.4. The smallest absolute Gasteiger partial charge is 0.303 e. The topological polar surface area (TPSA) is 145 Å². The summed E-state index contributed by atoms with van der Waals surface area (Å²) in [7, 11) is 0. The molecule has 39 heavy (non-hydrogen) atoms. The van der Waals surface area contributed by atoms with Crippen LogP contribution >= 0.6 is 0 Å². The number of ketones is 1. The van der Waals surface area contributed by atoms with Crippen molar-refractivity contribution in [2.45, 2.75) is 103 Å². The van der Waals surface area contributed by atoms with Crippen molar-refractivity contribution in [3.05, 3.63) is 36.0 Å². The molecule has 10 nitrogen and oxygen atoms in total. The molecule has 4 N–H and O–H groups in total. The van der Waals surface area contributed by atoms with Crippen molar-refractivity contribution in [3.8, 4) is 0 Å². The predicted octanol–water partition coefficient (Wildman–Crippen LogP) is 2.40. The Kier molecular flexibility index (Phi) is 12.6. The van der Waals surface area contributed by atoms with Gasteiger partial charge in [0, 0.05) is 19.4 Å². The number of nitrogens with zero attached hydrogens (tertiary/aromatic N) is 1. The fourth-order valence-electron chi connectivity index (χ4n) is 4.56. The zero-order chi connectivity index (χ0) is 29.0. The number of amides is 3. The Labute approximate surface area is 231 Å². The molecule has 3 atom stereocenters. The second-order valence-corrected chi connectivity index (χ2v) is 10.6.